The molecule has 0 aromatic rings. The van der Waals surface area contributed by atoms with Crippen molar-refractivity contribution in [1.29, 1.82) is 0 Å². The predicted molar refractivity (Wildman–Crippen MR) is 121 cm³/mol. The minimum Gasteiger partial charge on any atom is -0.444 e. The lowest BCUT2D eigenvalue weighted by Crippen LogP contribution is -2.55. The van der Waals surface area contributed by atoms with Gasteiger partial charge in [-0.05, 0) is 76.9 Å². The van der Waals surface area contributed by atoms with Crippen LogP contribution in [0, 0.1) is 5.92 Å². The van der Waals surface area contributed by atoms with Crippen LogP contribution < -0.4 is 0 Å². The van der Waals surface area contributed by atoms with Crippen molar-refractivity contribution in [2.75, 3.05) is 6.54 Å². The minimum absolute atomic E-state index is 0.0275. The fourth-order valence-electron chi connectivity index (χ4n) is 4.29. The van der Waals surface area contributed by atoms with Gasteiger partial charge in [0.25, 0.3) is 0 Å². The maximum absolute atomic E-state index is 13.0. The van der Waals surface area contributed by atoms with Crippen LogP contribution in [0.2, 0.25) is 18.1 Å². The lowest BCUT2D eigenvalue weighted by atomic mass is 9.90. The maximum Gasteiger partial charge on any atom is 0.410 e. The second-order valence-electron chi connectivity index (χ2n) is 11.7. The van der Waals surface area contributed by atoms with Gasteiger partial charge in [0.1, 0.15) is 5.60 Å². The molecule has 1 heterocycles. The zero-order valence-electron chi connectivity index (χ0n) is 20.1. The minimum atomic E-state index is -1.91. The smallest absolute Gasteiger partial charge is 0.410 e. The first kappa shape index (κ1) is 24.7. The van der Waals surface area contributed by atoms with Crippen molar-refractivity contribution in [2.45, 2.75) is 128 Å². The van der Waals surface area contributed by atoms with Crippen molar-refractivity contribution >= 4 is 14.4 Å². The van der Waals surface area contributed by atoms with Gasteiger partial charge in [-0.3, -0.25) is 0 Å². The van der Waals surface area contributed by atoms with E-state index >= 15 is 0 Å². The molecular formula is C23H45NO4Si. The van der Waals surface area contributed by atoms with Crippen molar-refractivity contribution < 1.29 is 19.1 Å². The van der Waals surface area contributed by atoms with Gasteiger partial charge in [0.15, 0.2) is 8.32 Å². The third-order valence-electron chi connectivity index (χ3n) is 7.02. The Kier molecular flexibility index (Phi) is 7.89. The second kappa shape index (κ2) is 9.27. The Balaban J connectivity index is 2.10. The number of rotatable bonds is 5. The number of aliphatic hydroxyl groups excluding tert-OH is 1. The van der Waals surface area contributed by atoms with E-state index in [0.29, 0.717) is 18.9 Å². The van der Waals surface area contributed by atoms with Crippen molar-refractivity contribution in [2.24, 2.45) is 5.92 Å². The zero-order valence-corrected chi connectivity index (χ0v) is 21.1. The number of ether oxygens (including phenoxy) is 1. The summed E-state index contributed by atoms with van der Waals surface area (Å²) < 4.78 is 12.4. The molecule has 6 heteroatoms. The molecule has 5 nitrogen and oxygen atoms in total. The Morgan fingerprint density at radius 2 is 1.66 bits per heavy atom. The number of hydrogen-bond donors (Lipinski definition) is 1. The highest BCUT2D eigenvalue weighted by Gasteiger charge is 2.43. The fourth-order valence-corrected chi connectivity index (χ4v) is 5.67. The third-order valence-corrected chi connectivity index (χ3v) is 11.6. The molecule has 1 aliphatic heterocycles. The number of carbonyl (C=O) groups excluding carboxylic acids is 1. The van der Waals surface area contributed by atoms with Crippen LogP contribution in [-0.2, 0) is 9.16 Å². The number of hydrogen-bond acceptors (Lipinski definition) is 4. The summed E-state index contributed by atoms with van der Waals surface area (Å²) in [6.45, 7) is 17.5. The van der Waals surface area contributed by atoms with Crippen molar-refractivity contribution in [3.8, 4) is 0 Å². The van der Waals surface area contributed by atoms with E-state index in [9.17, 15) is 9.90 Å². The van der Waals surface area contributed by atoms with Crippen LogP contribution in [-0.4, -0.2) is 54.8 Å². The number of aliphatic hydroxyl groups is 1. The highest BCUT2D eigenvalue weighted by Crippen LogP contribution is 2.39. The molecule has 1 saturated carbocycles. The third kappa shape index (κ3) is 6.96. The molecule has 2 rings (SSSR count). The van der Waals surface area contributed by atoms with Crippen LogP contribution >= 0.6 is 0 Å². The first-order chi connectivity index (χ1) is 13.2. The Morgan fingerprint density at radius 3 is 2.17 bits per heavy atom. The largest absolute Gasteiger partial charge is 0.444 e. The van der Waals surface area contributed by atoms with Gasteiger partial charge < -0.3 is 19.2 Å². The SMILES string of the molecule is CC(C)(C)OC(=O)N1CC(O[Si](C)(C)C(C)(C)C)CCC1CC(O)C1CCCC1. The van der Waals surface area contributed by atoms with E-state index in [1.54, 1.807) is 0 Å². The molecule has 2 aliphatic rings. The van der Waals surface area contributed by atoms with Gasteiger partial charge in [-0.1, -0.05) is 33.6 Å². The normalized spacial score (nSPS) is 25.9. The maximum atomic E-state index is 13.0. The van der Waals surface area contributed by atoms with Crippen molar-refractivity contribution in [3.05, 3.63) is 0 Å². The molecular weight excluding hydrogens is 382 g/mol. The van der Waals surface area contributed by atoms with E-state index < -0.39 is 13.9 Å². The van der Waals surface area contributed by atoms with Crippen LogP contribution in [0.4, 0.5) is 4.79 Å². The summed E-state index contributed by atoms with van der Waals surface area (Å²) in [5, 5.41) is 10.9. The average molecular weight is 428 g/mol. The van der Waals surface area contributed by atoms with Crippen molar-refractivity contribution in [1.82, 2.24) is 4.90 Å². The number of piperidine rings is 1. The number of nitrogens with zero attached hydrogens (tertiary/aromatic N) is 1. The molecule has 1 amide bonds. The monoisotopic (exact) mass is 427 g/mol. The highest BCUT2D eigenvalue weighted by atomic mass is 28.4. The topological polar surface area (TPSA) is 59.0 Å². The first-order valence-corrected chi connectivity index (χ1v) is 14.5. The molecule has 1 aliphatic carbocycles. The molecule has 1 saturated heterocycles. The van der Waals surface area contributed by atoms with Gasteiger partial charge in [0, 0.05) is 12.6 Å². The summed E-state index contributed by atoms with van der Waals surface area (Å²) in [6.07, 6.45) is 6.54. The summed E-state index contributed by atoms with van der Waals surface area (Å²) in [4.78, 5) is 14.9. The first-order valence-electron chi connectivity index (χ1n) is 11.5. The molecule has 0 aromatic carbocycles. The fraction of sp³-hybridized carbons (Fsp3) is 0.957. The summed E-state index contributed by atoms with van der Waals surface area (Å²) in [5.41, 5.74) is -0.529. The van der Waals surface area contributed by atoms with Crippen LogP contribution in [0.5, 0.6) is 0 Å². The zero-order chi connectivity index (χ0) is 22.0. The lowest BCUT2D eigenvalue weighted by Gasteiger charge is -2.45. The van der Waals surface area contributed by atoms with Crippen molar-refractivity contribution in [3.63, 3.8) is 0 Å². The lowest BCUT2D eigenvalue weighted by molar-refractivity contribution is -0.0231. The molecule has 0 aromatic heterocycles. The molecule has 170 valence electrons. The summed E-state index contributed by atoms with van der Waals surface area (Å²) >= 11 is 0. The second-order valence-corrected chi connectivity index (χ2v) is 16.5. The van der Waals surface area contributed by atoms with Gasteiger partial charge >= 0.3 is 6.09 Å². The van der Waals surface area contributed by atoms with E-state index in [2.05, 4.69) is 33.9 Å². The average Bonchev–Trinajstić information content (AvgIpc) is 3.07. The van der Waals surface area contributed by atoms with Crippen LogP contribution in [0.3, 0.4) is 0 Å². The molecule has 3 atom stereocenters. The van der Waals surface area contributed by atoms with Gasteiger partial charge in [-0.15, -0.1) is 0 Å². The molecule has 0 spiro atoms. The highest BCUT2D eigenvalue weighted by molar-refractivity contribution is 6.74. The van der Waals surface area contributed by atoms with E-state index in [0.717, 1.165) is 25.7 Å². The van der Waals surface area contributed by atoms with Crippen LogP contribution in [0.25, 0.3) is 0 Å². The summed E-state index contributed by atoms with van der Waals surface area (Å²) in [5.74, 6) is 0.386. The molecule has 0 bridgehead atoms. The molecule has 1 N–H and O–H groups in total. The van der Waals surface area contributed by atoms with E-state index in [1.807, 2.05) is 25.7 Å². The van der Waals surface area contributed by atoms with Gasteiger partial charge in [0.05, 0.1) is 12.2 Å². The summed E-state index contributed by atoms with van der Waals surface area (Å²) in [6, 6.07) is 0.0275. The molecule has 29 heavy (non-hydrogen) atoms. The van der Waals surface area contributed by atoms with E-state index in [1.165, 1.54) is 12.8 Å². The molecule has 0 radical (unpaired) electrons. The quantitative estimate of drug-likeness (QED) is 0.570. The van der Waals surface area contributed by atoms with Gasteiger partial charge in [-0.25, -0.2) is 4.79 Å². The standard InChI is InChI=1S/C23H45NO4Si/c1-22(2,3)27-21(26)24-16-19(28-29(7,8)23(4,5)6)14-13-18(24)15-20(25)17-11-9-10-12-17/h17-20,25H,9-16H2,1-8H3. The Labute approximate surface area is 179 Å². The van der Waals surface area contributed by atoms with Gasteiger partial charge in [0.2, 0.25) is 0 Å². The van der Waals surface area contributed by atoms with Crippen LogP contribution in [0.1, 0.15) is 86.5 Å². The summed E-state index contributed by atoms with van der Waals surface area (Å²) in [7, 11) is -1.91. The number of likely N-dealkylation sites (tertiary alicyclic amines) is 1. The Bertz CT molecular complexity index is 546. The van der Waals surface area contributed by atoms with E-state index in [4.69, 9.17) is 9.16 Å². The number of carbonyl (C=O) groups is 1. The van der Waals surface area contributed by atoms with Gasteiger partial charge in [-0.2, -0.15) is 0 Å². The van der Waals surface area contributed by atoms with Crippen LogP contribution in [0.15, 0.2) is 0 Å². The van der Waals surface area contributed by atoms with E-state index in [-0.39, 0.29) is 29.4 Å². The Morgan fingerprint density at radius 1 is 1.07 bits per heavy atom. The predicted octanol–water partition coefficient (Wildman–Crippen LogP) is 5.72. The Hall–Kier alpha value is -0.593. The molecule has 2 fully saturated rings. The number of amides is 1. The molecule has 3 unspecified atom stereocenters.